The Balaban J connectivity index is 2.10. The molecule has 1 saturated carbocycles. The largest absolute Gasteiger partial charge is 0.478 e. The van der Waals surface area contributed by atoms with E-state index in [0.717, 1.165) is 17.8 Å². The number of anilines is 1. The topological polar surface area (TPSA) is 49.3 Å². The Kier molecular flexibility index (Phi) is 3.67. The number of nitrogens with one attached hydrogen (secondary N) is 1. The van der Waals surface area contributed by atoms with Crippen molar-refractivity contribution in [1.82, 2.24) is 0 Å². The van der Waals surface area contributed by atoms with E-state index in [2.05, 4.69) is 5.32 Å². The highest BCUT2D eigenvalue weighted by Gasteiger charge is 2.17. The summed E-state index contributed by atoms with van der Waals surface area (Å²) in [5.74, 6) is -0.154. The van der Waals surface area contributed by atoms with Crippen LogP contribution in [0.25, 0.3) is 0 Å². The van der Waals surface area contributed by atoms with Crippen molar-refractivity contribution in [2.75, 3.05) is 11.9 Å². The molecule has 0 aromatic heterocycles. The van der Waals surface area contributed by atoms with Gasteiger partial charge in [0.25, 0.3) is 0 Å². The van der Waals surface area contributed by atoms with Crippen molar-refractivity contribution in [2.24, 2.45) is 5.92 Å². The van der Waals surface area contributed by atoms with E-state index in [4.69, 9.17) is 5.11 Å². The number of para-hydroxylation sites is 1. The van der Waals surface area contributed by atoms with Gasteiger partial charge in [-0.3, -0.25) is 0 Å². The number of carboxylic acids is 1. The van der Waals surface area contributed by atoms with E-state index in [1.807, 2.05) is 13.0 Å². The molecule has 0 amide bonds. The molecule has 2 N–H and O–H groups in total. The van der Waals surface area contributed by atoms with Crippen molar-refractivity contribution in [3.8, 4) is 0 Å². The normalized spacial score (nSPS) is 16.1. The molecule has 0 atom stereocenters. The highest BCUT2D eigenvalue weighted by atomic mass is 16.4. The molecule has 3 nitrogen and oxygen atoms in total. The Morgan fingerprint density at radius 1 is 1.41 bits per heavy atom. The monoisotopic (exact) mass is 233 g/mol. The predicted octanol–water partition coefficient (Wildman–Crippen LogP) is 3.30. The summed E-state index contributed by atoms with van der Waals surface area (Å²) in [5, 5.41) is 12.5. The lowest BCUT2D eigenvalue weighted by molar-refractivity contribution is 0.0698. The number of aryl methyl sites for hydroxylation is 1. The standard InChI is InChI=1S/C14H19NO2/c1-10-5-4-8-12(14(16)17)13(10)15-9-11-6-2-3-7-11/h4-5,8,11,15H,2-3,6-7,9H2,1H3,(H,16,17). The van der Waals surface area contributed by atoms with Crippen LogP contribution in [-0.2, 0) is 0 Å². The molecule has 0 aliphatic heterocycles. The number of carboxylic acid groups (broad SMARTS) is 1. The molecule has 2 rings (SSSR count). The number of hydrogen-bond donors (Lipinski definition) is 2. The first-order valence-corrected chi connectivity index (χ1v) is 6.25. The van der Waals surface area contributed by atoms with Crippen LogP contribution in [-0.4, -0.2) is 17.6 Å². The molecule has 1 aromatic rings. The van der Waals surface area contributed by atoms with Crippen molar-refractivity contribution in [3.05, 3.63) is 29.3 Å². The summed E-state index contributed by atoms with van der Waals surface area (Å²) in [6.45, 7) is 2.84. The van der Waals surface area contributed by atoms with Crippen molar-refractivity contribution in [3.63, 3.8) is 0 Å². The summed E-state index contributed by atoms with van der Waals surface area (Å²) in [5.41, 5.74) is 2.16. The third kappa shape index (κ3) is 2.78. The number of benzene rings is 1. The lowest BCUT2D eigenvalue weighted by Gasteiger charge is -2.15. The van der Waals surface area contributed by atoms with Crippen LogP contribution in [0.2, 0.25) is 0 Å². The van der Waals surface area contributed by atoms with Gasteiger partial charge in [0, 0.05) is 6.54 Å². The maximum atomic E-state index is 11.1. The Labute approximate surface area is 102 Å². The van der Waals surface area contributed by atoms with E-state index in [9.17, 15) is 4.79 Å². The van der Waals surface area contributed by atoms with E-state index in [1.165, 1.54) is 25.7 Å². The van der Waals surface area contributed by atoms with E-state index >= 15 is 0 Å². The number of aromatic carboxylic acids is 1. The molecule has 0 unspecified atom stereocenters. The van der Waals surface area contributed by atoms with Crippen molar-refractivity contribution >= 4 is 11.7 Å². The molecule has 0 radical (unpaired) electrons. The average molecular weight is 233 g/mol. The van der Waals surface area contributed by atoms with Crippen LogP contribution in [0.3, 0.4) is 0 Å². The Bertz CT molecular complexity index is 409. The third-order valence-electron chi connectivity index (χ3n) is 3.55. The average Bonchev–Trinajstić information content (AvgIpc) is 2.80. The van der Waals surface area contributed by atoms with Gasteiger partial charge in [-0.05, 0) is 37.3 Å². The zero-order valence-corrected chi connectivity index (χ0v) is 10.2. The van der Waals surface area contributed by atoms with Gasteiger partial charge in [0.1, 0.15) is 0 Å². The number of carbonyl (C=O) groups is 1. The molecule has 17 heavy (non-hydrogen) atoms. The predicted molar refractivity (Wildman–Crippen MR) is 68.6 cm³/mol. The van der Waals surface area contributed by atoms with Crippen LogP contribution in [0.15, 0.2) is 18.2 Å². The van der Waals surface area contributed by atoms with Crippen molar-refractivity contribution < 1.29 is 9.90 Å². The number of hydrogen-bond acceptors (Lipinski definition) is 2. The highest BCUT2D eigenvalue weighted by molar-refractivity contribution is 5.95. The van der Waals surface area contributed by atoms with Crippen LogP contribution in [0.5, 0.6) is 0 Å². The van der Waals surface area contributed by atoms with E-state index < -0.39 is 5.97 Å². The first-order chi connectivity index (χ1) is 8.18. The second kappa shape index (κ2) is 5.21. The van der Waals surface area contributed by atoms with Gasteiger partial charge in [0.15, 0.2) is 0 Å². The van der Waals surface area contributed by atoms with Gasteiger partial charge in [0.05, 0.1) is 11.3 Å². The molecule has 0 heterocycles. The molecule has 1 aliphatic carbocycles. The first-order valence-electron chi connectivity index (χ1n) is 6.25. The van der Waals surface area contributed by atoms with E-state index in [-0.39, 0.29) is 0 Å². The molecule has 0 bridgehead atoms. The Hall–Kier alpha value is -1.51. The minimum absolute atomic E-state index is 0.378. The van der Waals surface area contributed by atoms with Crippen LogP contribution in [0, 0.1) is 12.8 Å². The van der Waals surface area contributed by atoms with Crippen LogP contribution < -0.4 is 5.32 Å². The second-order valence-corrected chi connectivity index (χ2v) is 4.83. The fraction of sp³-hybridized carbons (Fsp3) is 0.500. The lowest BCUT2D eigenvalue weighted by atomic mass is 10.1. The summed E-state index contributed by atoms with van der Waals surface area (Å²) in [4.78, 5) is 11.1. The maximum Gasteiger partial charge on any atom is 0.337 e. The SMILES string of the molecule is Cc1cccc(C(=O)O)c1NCC1CCCC1. The molecule has 0 saturated heterocycles. The van der Waals surface area contributed by atoms with Crippen molar-refractivity contribution in [1.29, 1.82) is 0 Å². The molecule has 1 aliphatic rings. The summed E-state index contributed by atoms with van der Waals surface area (Å²) < 4.78 is 0. The van der Waals surface area contributed by atoms with E-state index in [0.29, 0.717) is 11.5 Å². The summed E-state index contributed by atoms with van der Waals surface area (Å²) in [7, 11) is 0. The fourth-order valence-electron chi connectivity index (χ4n) is 2.54. The quantitative estimate of drug-likeness (QED) is 0.839. The molecular weight excluding hydrogens is 214 g/mol. The lowest BCUT2D eigenvalue weighted by Crippen LogP contribution is -2.14. The van der Waals surface area contributed by atoms with Crippen LogP contribution >= 0.6 is 0 Å². The second-order valence-electron chi connectivity index (χ2n) is 4.83. The molecule has 0 spiro atoms. The number of rotatable bonds is 4. The Morgan fingerprint density at radius 2 is 2.12 bits per heavy atom. The third-order valence-corrected chi connectivity index (χ3v) is 3.55. The van der Waals surface area contributed by atoms with E-state index in [1.54, 1.807) is 12.1 Å². The summed E-state index contributed by atoms with van der Waals surface area (Å²) in [6, 6.07) is 5.40. The minimum Gasteiger partial charge on any atom is -0.478 e. The van der Waals surface area contributed by atoms with Gasteiger partial charge < -0.3 is 10.4 Å². The summed E-state index contributed by atoms with van der Waals surface area (Å²) in [6.07, 6.45) is 5.15. The molecule has 92 valence electrons. The van der Waals surface area contributed by atoms with Gasteiger partial charge in [-0.1, -0.05) is 25.0 Å². The smallest absolute Gasteiger partial charge is 0.337 e. The van der Waals surface area contributed by atoms with Crippen LogP contribution in [0.4, 0.5) is 5.69 Å². The highest BCUT2D eigenvalue weighted by Crippen LogP contribution is 2.27. The molecule has 1 fully saturated rings. The Morgan fingerprint density at radius 3 is 2.76 bits per heavy atom. The van der Waals surface area contributed by atoms with Gasteiger partial charge in [-0.25, -0.2) is 4.79 Å². The molecule has 1 aromatic carbocycles. The van der Waals surface area contributed by atoms with Gasteiger partial charge in [-0.15, -0.1) is 0 Å². The maximum absolute atomic E-state index is 11.1. The molecular formula is C14H19NO2. The first kappa shape index (κ1) is 12.0. The fourth-order valence-corrected chi connectivity index (χ4v) is 2.54. The van der Waals surface area contributed by atoms with Crippen molar-refractivity contribution in [2.45, 2.75) is 32.6 Å². The van der Waals surface area contributed by atoms with Gasteiger partial charge >= 0.3 is 5.97 Å². The van der Waals surface area contributed by atoms with Gasteiger partial charge in [-0.2, -0.15) is 0 Å². The minimum atomic E-state index is -0.859. The van der Waals surface area contributed by atoms with Crippen LogP contribution in [0.1, 0.15) is 41.6 Å². The van der Waals surface area contributed by atoms with Gasteiger partial charge in [0.2, 0.25) is 0 Å². The zero-order chi connectivity index (χ0) is 12.3. The summed E-state index contributed by atoms with van der Waals surface area (Å²) >= 11 is 0. The zero-order valence-electron chi connectivity index (χ0n) is 10.2. The molecule has 3 heteroatoms.